The lowest BCUT2D eigenvalue weighted by molar-refractivity contribution is 0.0895. The van der Waals surface area contributed by atoms with E-state index in [1.165, 1.54) is 0 Å². The van der Waals surface area contributed by atoms with Crippen molar-refractivity contribution < 1.29 is 9.21 Å². The van der Waals surface area contributed by atoms with E-state index in [-0.39, 0.29) is 23.3 Å². The van der Waals surface area contributed by atoms with Crippen molar-refractivity contribution in [2.45, 2.75) is 44.2 Å². The van der Waals surface area contributed by atoms with Crippen molar-refractivity contribution in [2.24, 2.45) is 7.05 Å². The van der Waals surface area contributed by atoms with Crippen molar-refractivity contribution in [3.63, 3.8) is 0 Å². The number of nitrogens with one attached hydrogen (secondary N) is 2. The molecule has 6 rings (SSSR count). The minimum Gasteiger partial charge on any atom is -0.416 e. The molecule has 0 unspecified atom stereocenters. The van der Waals surface area contributed by atoms with E-state index in [0.717, 1.165) is 60.4 Å². The first-order chi connectivity index (χ1) is 17.9. The maximum Gasteiger partial charge on any atom is 0.309 e. The number of aromatic nitrogens is 6. The highest BCUT2D eigenvalue weighted by Crippen LogP contribution is 2.46. The number of hydrogen-bond acceptors (Lipinski definition) is 9. The Bertz CT molecular complexity index is 1460. The molecule has 0 bridgehead atoms. The van der Waals surface area contributed by atoms with E-state index in [9.17, 15) is 4.79 Å². The standard InChI is InChI=1S/C26H29N9O2/c1-26(8-9-26)24-33-32-23(37-24)22(36)30-21-7-11-34(2)14-17-12-16(4-5-19(17)21)20-6-10-27-25(31-20)29-18-13-28-35(3)15-18/h4-6,10,12-13,15,21H,7-9,11,14H2,1-3H3,(H,30,36)(H,27,29,31)/t21-/m0/s1. The van der Waals surface area contributed by atoms with Gasteiger partial charge in [0.1, 0.15) is 0 Å². The van der Waals surface area contributed by atoms with Gasteiger partial charge in [-0.05, 0) is 49.6 Å². The third-order valence-electron chi connectivity index (χ3n) is 7.11. The summed E-state index contributed by atoms with van der Waals surface area (Å²) < 4.78 is 7.43. The maximum absolute atomic E-state index is 13.0. The molecule has 1 amide bonds. The quantitative estimate of drug-likeness (QED) is 0.410. The third kappa shape index (κ3) is 4.82. The van der Waals surface area contributed by atoms with Crippen LogP contribution in [0.3, 0.4) is 0 Å². The van der Waals surface area contributed by atoms with Crippen LogP contribution in [0.2, 0.25) is 0 Å². The van der Waals surface area contributed by atoms with Gasteiger partial charge in [0.05, 0.1) is 23.6 Å². The van der Waals surface area contributed by atoms with E-state index in [4.69, 9.17) is 9.40 Å². The molecule has 4 heterocycles. The molecule has 11 nitrogen and oxygen atoms in total. The van der Waals surface area contributed by atoms with Gasteiger partial charge in [-0.25, -0.2) is 9.97 Å². The summed E-state index contributed by atoms with van der Waals surface area (Å²) in [5.41, 5.74) is 4.76. The normalized spacial score (nSPS) is 18.6. The predicted molar refractivity (Wildman–Crippen MR) is 136 cm³/mol. The van der Waals surface area contributed by atoms with Crippen molar-refractivity contribution in [3.8, 4) is 11.3 Å². The van der Waals surface area contributed by atoms with Crippen LogP contribution in [0, 0.1) is 0 Å². The summed E-state index contributed by atoms with van der Waals surface area (Å²) in [4.78, 5) is 24.3. The lowest BCUT2D eigenvalue weighted by Gasteiger charge is -2.19. The maximum atomic E-state index is 13.0. The second kappa shape index (κ2) is 9.07. The summed E-state index contributed by atoms with van der Waals surface area (Å²) in [6, 6.07) is 7.99. The minimum atomic E-state index is -0.338. The summed E-state index contributed by atoms with van der Waals surface area (Å²) >= 11 is 0. The third-order valence-corrected chi connectivity index (χ3v) is 7.11. The molecule has 1 atom stereocenters. The smallest absolute Gasteiger partial charge is 0.309 e. The van der Waals surface area contributed by atoms with Crippen LogP contribution in [0.5, 0.6) is 0 Å². The van der Waals surface area contributed by atoms with Crippen molar-refractivity contribution in [3.05, 3.63) is 65.8 Å². The molecule has 0 saturated heterocycles. The molecule has 1 aromatic carbocycles. The predicted octanol–water partition coefficient (Wildman–Crippen LogP) is 3.36. The molecule has 1 fully saturated rings. The van der Waals surface area contributed by atoms with Gasteiger partial charge in [-0.1, -0.05) is 19.1 Å². The molecule has 190 valence electrons. The fourth-order valence-corrected chi connectivity index (χ4v) is 4.64. The first-order valence-electron chi connectivity index (χ1n) is 12.4. The van der Waals surface area contributed by atoms with Gasteiger partial charge in [0.25, 0.3) is 0 Å². The molecule has 1 aliphatic carbocycles. The van der Waals surface area contributed by atoms with Crippen molar-refractivity contribution in [1.29, 1.82) is 0 Å². The number of aryl methyl sites for hydroxylation is 1. The Morgan fingerprint density at radius 2 is 2.05 bits per heavy atom. The number of benzene rings is 1. The Balaban J connectivity index is 1.24. The fourth-order valence-electron chi connectivity index (χ4n) is 4.64. The lowest BCUT2D eigenvalue weighted by Crippen LogP contribution is -2.30. The molecule has 1 aliphatic heterocycles. The number of carbonyl (C=O) groups excluding carboxylic acids is 1. The number of amides is 1. The van der Waals surface area contributed by atoms with Gasteiger partial charge in [0.2, 0.25) is 11.8 Å². The van der Waals surface area contributed by atoms with Crippen LogP contribution in [-0.2, 0) is 19.0 Å². The zero-order valence-electron chi connectivity index (χ0n) is 21.1. The zero-order valence-corrected chi connectivity index (χ0v) is 21.1. The Morgan fingerprint density at radius 1 is 1.19 bits per heavy atom. The van der Waals surface area contributed by atoms with Crippen LogP contribution < -0.4 is 10.6 Å². The molecular formula is C26H29N9O2. The summed E-state index contributed by atoms with van der Waals surface area (Å²) in [5, 5.41) is 18.6. The number of nitrogens with zero attached hydrogens (tertiary/aromatic N) is 7. The van der Waals surface area contributed by atoms with Gasteiger partial charge in [-0.3, -0.25) is 9.48 Å². The van der Waals surface area contributed by atoms with Crippen molar-refractivity contribution in [1.82, 2.24) is 40.2 Å². The second-order valence-corrected chi connectivity index (χ2v) is 10.2. The van der Waals surface area contributed by atoms with Gasteiger partial charge in [-0.2, -0.15) is 5.10 Å². The van der Waals surface area contributed by atoms with E-state index in [2.05, 4.69) is 61.9 Å². The molecule has 3 aromatic heterocycles. The average molecular weight is 500 g/mol. The molecule has 0 spiro atoms. The summed E-state index contributed by atoms with van der Waals surface area (Å²) in [6.07, 6.45) is 8.12. The summed E-state index contributed by atoms with van der Waals surface area (Å²) in [7, 11) is 3.94. The Hall–Kier alpha value is -4.12. The Labute approximate surface area is 214 Å². The summed E-state index contributed by atoms with van der Waals surface area (Å²) in [5.74, 6) is 0.732. The Kier molecular flexibility index (Phi) is 5.71. The average Bonchev–Trinajstić information content (AvgIpc) is 3.28. The number of carbonyl (C=O) groups is 1. The van der Waals surface area contributed by atoms with Crippen LogP contribution in [0.25, 0.3) is 11.3 Å². The van der Waals surface area contributed by atoms with Gasteiger partial charge in [0, 0.05) is 43.5 Å². The molecule has 4 aromatic rings. The van der Waals surface area contributed by atoms with Crippen molar-refractivity contribution in [2.75, 3.05) is 18.9 Å². The minimum absolute atomic E-state index is 0.0218. The van der Waals surface area contributed by atoms with Crippen LogP contribution >= 0.6 is 0 Å². The van der Waals surface area contributed by atoms with E-state index < -0.39 is 0 Å². The highest BCUT2D eigenvalue weighted by molar-refractivity contribution is 5.89. The van der Waals surface area contributed by atoms with Crippen LogP contribution in [-0.4, -0.2) is 54.3 Å². The molecule has 2 N–H and O–H groups in total. The van der Waals surface area contributed by atoms with Crippen LogP contribution in [0.4, 0.5) is 11.6 Å². The fraction of sp³-hybridized carbons (Fsp3) is 0.385. The molecule has 37 heavy (non-hydrogen) atoms. The molecule has 2 aliphatic rings. The lowest BCUT2D eigenvalue weighted by atomic mass is 9.96. The zero-order chi connectivity index (χ0) is 25.6. The van der Waals surface area contributed by atoms with E-state index in [1.807, 2.05) is 25.4 Å². The summed E-state index contributed by atoms with van der Waals surface area (Å²) in [6.45, 7) is 3.69. The van der Waals surface area contributed by atoms with E-state index >= 15 is 0 Å². The number of rotatable bonds is 6. The number of anilines is 2. The molecule has 1 saturated carbocycles. The highest BCUT2D eigenvalue weighted by Gasteiger charge is 2.44. The topological polar surface area (TPSA) is 127 Å². The van der Waals surface area contributed by atoms with Crippen molar-refractivity contribution >= 4 is 17.5 Å². The largest absolute Gasteiger partial charge is 0.416 e. The Morgan fingerprint density at radius 3 is 2.84 bits per heavy atom. The SMILES string of the molecule is CN1CC[C@H](NC(=O)c2nnc(C3(C)CC3)o2)c2ccc(-c3ccnc(Nc4cnn(C)c4)n3)cc2C1. The van der Waals surface area contributed by atoms with Gasteiger partial charge in [-0.15, -0.1) is 10.2 Å². The van der Waals surface area contributed by atoms with Gasteiger partial charge < -0.3 is 20.0 Å². The van der Waals surface area contributed by atoms with Crippen LogP contribution in [0.15, 0.2) is 47.3 Å². The van der Waals surface area contributed by atoms with Gasteiger partial charge >= 0.3 is 11.8 Å². The highest BCUT2D eigenvalue weighted by atomic mass is 16.4. The molecule has 0 radical (unpaired) electrons. The molecule has 11 heteroatoms. The first kappa shape index (κ1) is 23.3. The number of fused-ring (bicyclic) bond motifs is 1. The molecular weight excluding hydrogens is 470 g/mol. The first-order valence-corrected chi connectivity index (χ1v) is 12.4. The van der Waals surface area contributed by atoms with E-state index in [1.54, 1.807) is 17.1 Å². The number of hydrogen-bond donors (Lipinski definition) is 2. The van der Waals surface area contributed by atoms with E-state index in [0.29, 0.717) is 11.8 Å². The second-order valence-electron chi connectivity index (χ2n) is 10.2. The monoisotopic (exact) mass is 499 g/mol. The van der Waals surface area contributed by atoms with Crippen LogP contribution in [0.1, 0.15) is 59.9 Å². The van der Waals surface area contributed by atoms with Gasteiger partial charge in [0.15, 0.2) is 0 Å².